The average molecular weight is 259 g/mol. The van der Waals surface area contributed by atoms with Crippen molar-refractivity contribution >= 4 is 5.97 Å². The first-order chi connectivity index (χ1) is 8.25. The van der Waals surface area contributed by atoms with Gasteiger partial charge in [-0.2, -0.15) is 0 Å². The predicted molar refractivity (Wildman–Crippen MR) is 73.6 cm³/mol. The van der Waals surface area contributed by atoms with Crippen LogP contribution in [0.4, 0.5) is 0 Å². The summed E-state index contributed by atoms with van der Waals surface area (Å²) in [7, 11) is 0. The van der Waals surface area contributed by atoms with E-state index in [-0.39, 0.29) is 11.4 Å². The van der Waals surface area contributed by atoms with E-state index in [1.807, 2.05) is 20.8 Å². The van der Waals surface area contributed by atoms with Gasteiger partial charge in [-0.15, -0.1) is 0 Å². The van der Waals surface area contributed by atoms with Crippen molar-refractivity contribution in [3.63, 3.8) is 0 Å². The van der Waals surface area contributed by atoms with E-state index in [0.29, 0.717) is 26.4 Å². The van der Waals surface area contributed by atoms with E-state index in [1.165, 1.54) is 0 Å². The summed E-state index contributed by atoms with van der Waals surface area (Å²) in [5, 5.41) is 3.14. The minimum atomic E-state index is -0.747. The lowest BCUT2D eigenvalue weighted by atomic mass is 9.93. The molecule has 0 amide bonds. The molecule has 0 aliphatic carbocycles. The fourth-order valence-corrected chi connectivity index (χ4v) is 1.52. The van der Waals surface area contributed by atoms with Crippen molar-refractivity contribution in [3.05, 3.63) is 0 Å². The molecule has 0 aliphatic heterocycles. The molecule has 108 valence electrons. The first kappa shape index (κ1) is 17.4. The van der Waals surface area contributed by atoms with Gasteiger partial charge in [-0.3, -0.25) is 0 Å². The highest BCUT2D eigenvalue weighted by Crippen LogP contribution is 2.18. The third-order valence-corrected chi connectivity index (χ3v) is 2.68. The first-order valence-corrected chi connectivity index (χ1v) is 6.75. The van der Waals surface area contributed by atoms with Gasteiger partial charge in [-0.05, 0) is 32.2 Å². The zero-order valence-corrected chi connectivity index (χ0v) is 12.8. The molecule has 0 bridgehead atoms. The molecule has 0 rings (SSSR count). The van der Waals surface area contributed by atoms with Crippen LogP contribution in [-0.2, 0) is 14.3 Å². The Kier molecular flexibility index (Phi) is 7.48. The maximum absolute atomic E-state index is 11.9. The quantitative estimate of drug-likeness (QED) is 0.537. The van der Waals surface area contributed by atoms with E-state index in [4.69, 9.17) is 9.47 Å². The zero-order valence-electron chi connectivity index (χ0n) is 12.8. The number of carbonyl (C=O) groups excluding carboxylic acids is 1. The largest absolute Gasteiger partial charge is 0.465 e. The molecule has 0 heterocycles. The Hall–Kier alpha value is -0.610. The summed E-state index contributed by atoms with van der Waals surface area (Å²) in [6.45, 7) is 14.2. The molecule has 0 saturated carbocycles. The first-order valence-electron chi connectivity index (χ1n) is 6.75. The summed E-state index contributed by atoms with van der Waals surface area (Å²) in [6, 6.07) is 0. The summed E-state index contributed by atoms with van der Waals surface area (Å²) in [6.07, 6.45) is 0.970. The van der Waals surface area contributed by atoms with Gasteiger partial charge in [0.25, 0.3) is 0 Å². The molecule has 4 nitrogen and oxygen atoms in total. The Labute approximate surface area is 111 Å². The van der Waals surface area contributed by atoms with Crippen LogP contribution >= 0.6 is 0 Å². The van der Waals surface area contributed by atoms with Crippen molar-refractivity contribution in [2.24, 2.45) is 5.41 Å². The Morgan fingerprint density at radius 2 is 1.78 bits per heavy atom. The highest BCUT2D eigenvalue weighted by atomic mass is 16.5. The number of likely N-dealkylation sites (N-methyl/N-ethyl adjacent to an activating group) is 1. The number of nitrogens with one attached hydrogen (secondary N) is 1. The Balaban J connectivity index is 4.22. The smallest absolute Gasteiger partial charge is 0.328 e. The van der Waals surface area contributed by atoms with Crippen molar-refractivity contribution in [1.82, 2.24) is 5.32 Å². The number of rotatable bonds is 8. The van der Waals surface area contributed by atoms with E-state index in [0.717, 1.165) is 6.42 Å². The van der Waals surface area contributed by atoms with E-state index >= 15 is 0 Å². The standard InChI is InChI=1S/C14H29NO3/c1-7-15-14(6,12(16)18-8-2)11-17-10-9-13(3,4)5/h15H,7-11H2,1-6H3. The van der Waals surface area contributed by atoms with Gasteiger partial charge < -0.3 is 14.8 Å². The summed E-state index contributed by atoms with van der Waals surface area (Å²) >= 11 is 0. The van der Waals surface area contributed by atoms with Crippen LogP contribution in [0.25, 0.3) is 0 Å². The maximum Gasteiger partial charge on any atom is 0.328 e. The van der Waals surface area contributed by atoms with Crippen LogP contribution in [-0.4, -0.2) is 37.9 Å². The summed E-state index contributed by atoms with van der Waals surface area (Å²) in [4.78, 5) is 11.9. The van der Waals surface area contributed by atoms with Crippen molar-refractivity contribution in [1.29, 1.82) is 0 Å². The molecular weight excluding hydrogens is 230 g/mol. The molecule has 1 N–H and O–H groups in total. The van der Waals surface area contributed by atoms with Crippen molar-refractivity contribution in [2.75, 3.05) is 26.4 Å². The van der Waals surface area contributed by atoms with Crippen LogP contribution in [0.5, 0.6) is 0 Å². The molecule has 0 fully saturated rings. The minimum absolute atomic E-state index is 0.248. The Bertz CT molecular complexity index is 248. The van der Waals surface area contributed by atoms with Gasteiger partial charge in [0, 0.05) is 6.61 Å². The van der Waals surface area contributed by atoms with Crippen molar-refractivity contribution in [3.8, 4) is 0 Å². The predicted octanol–water partition coefficient (Wildman–Crippen LogP) is 2.37. The number of carbonyl (C=O) groups is 1. The van der Waals surface area contributed by atoms with Crippen LogP contribution in [0.3, 0.4) is 0 Å². The fraction of sp³-hybridized carbons (Fsp3) is 0.929. The van der Waals surface area contributed by atoms with E-state index in [2.05, 4.69) is 26.1 Å². The molecule has 0 radical (unpaired) electrons. The number of hydrogen-bond donors (Lipinski definition) is 1. The van der Waals surface area contributed by atoms with E-state index < -0.39 is 5.54 Å². The molecule has 18 heavy (non-hydrogen) atoms. The third kappa shape index (κ3) is 6.97. The van der Waals surface area contributed by atoms with Gasteiger partial charge in [0.15, 0.2) is 0 Å². The van der Waals surface area contributed by atoms with Crippen molar-refractivity contribution < 1.29 is 14.3 Å². The lowest BCUT2D eigenvalue weighted by Crippen LogP contribution is -2.54. The van der Waals surface area contributed by atoms with Crippen LogP contribution in [0.15, 0.2) is 0 Å². The minimum Gasteiger partial charge on any atom is -0.465 e. The number of ether oxygens (including phenoxy) is 2. The highest BCUT2D eigenvalue weighted by molar-refractivity contribution is 5.80. The van der Waals surface area contributed by atoms with Crippen LogP contribution in [0.1, 0.15) is 48.0 Å². The lowest BCUT2D eigenvalue weighted by molar-refractivity contribution is -0.153. The van der Waals surface area contributed by atoms with Crippen LogP contribution in [0, 0.1) is 5.41 Å². The molecule has 0 aromatic rings. The second-order valence-corrected chi connectivity index (χ2v) is 5.95. The second-order valence-electron chi connectivity index (χ2n) is 5.95. The average Bonchev–Trinajstić information content (AvgIpc) is 2.24. The molecule has 1 atom stereocenters. The lowest BCUT2D eigenvalue weighted by Gasteiger charge is -2.28. The molecule has 0 aromatic carbocycles. The van der Waals surface area contributed by atoms with Crippen LogP contribution < -0.4 is 5.32 Å². The molecular formula is C14H29NO3. The summed E-state index contributed by atoms with van der Waals surface area (Å²) < 4.78 is 10.7. The van der Waals surface area contributed by atoms with E-state index in [9.17, 15) is 4.79 Å². The molecule has 0 spiro atoms. The number of hydrogen-bond acceptors (Lipinski definition) is 4. The van der Waals surface area contributed by atoms with Gasteiger partial charge in [0.1, 0.15) is 5.54 Å². The fourth-order valence-electron chi connectivity index (χ4n) is 1.52. The van der Waals surface area contributed by atoms with Gasteiger partial charge in [-0.1, -0.05) is 27.7 Å². The zero-order chi connectivity index (χ0) is 14.2. The third-order valence-electron chi connectivity index (χ3n) is 2.68. The SMILES string of the molecule is CCNC(C)(COCCC(C)(C)C)C(=O)OCC. The molecule has 0 aliphatic rings. The topological polar surface area (TPSA) is 47.6 Å². The maximum atomic E-state index is 11.9. The Morgan fingerprint density at radius 3 is 2.22 bits per heavy atom. The van der Waals surface area contributed by atoms with Gasteiger partial charge >= 0.3 is 5.97 Å². The van der Waals surface area contributed by atoms with Gasteiger partial charge in [0.2, 0.25) is 0 Å². The molecule has 0 saturated heterocycles. The molecule has 1 unspecified atom stereocenters. The summed E-state index contributed by atoms with van der Waals surface area (Å²) in [5.74, 6) is -0.248. The Morgan fingerprint density at radius 1 is 1.17 bits per heavy atom. The monoisotopic (exact) mass is 259 g/mol. The van der Waals surface area contributed by atoms with Gasteiger partial charge in [0.05, 0.1) is 13.2 Å². The van der Waals surface area contributed by atoms with Crippen LogP contribution in [0.2, 0.25) is 0 Å². The molecule has 4 heteroatoms. The normalized spacial score (nSPS) is 15.2. The molecule has 0 aromatic heterocycles. The van der Waals surface area contributed by atoms with Crippen molar-refractivity contribution in [2.45, 2.75) is 53.5 Å². The van der Waals surface area contributed by atoms with Gasteiger partial charge in [-0.25, -0.2) is 4.79 Å². The van der Waals surface area contributed by atoms with E-state index in [1.54, 1.807) is 0 Å². The second kappa shape index (κ2) is 7.74. The highest BCUT2D eigenvalue weighted by Gasteiger charge is 2.34. The number of esters is 1. The summed E-state index contributed by atoms with van der Waals surface area (Å²) in [5.41, 5.74) is -0.499.